The van der Waals surface area contributed by atoms with Gasteiger partial charge in [0.1, 0.15) is 5.56 Å². The summed E-state index contributed by atoms with van der Waals surface area (Å²) in [4.78, 5) is 30.1. The average molecular weight is 360 g/mol. The van der Waals surface area contributed by atoms with Gasteiger partial charge in [-0.25, -0.2) is 0 Å². The van der Waals surface area contributed by atoms with Crippen LogP contribution in [0.5, 0.6) is 0 Å². The number of piperidine rings is 2. The third kappa shape index (κ3) is 4.20. The number of hydrogen-bond donors (Lipinski definition) is 0. The highest BCUT2D eigenvalue weighted by Gasteiger charge is 2.25. The maximum atomic E-state index is 13.1. The fourth-order valence-electron chi connectivity index (χ4n) is 4.42. The first kappa shape index (κ1) is 19.2. The van der Waals surface area contributed by atoms with Gasteiger partial charge in [0.2, 0.25) is 0 Å². The van der Waals surface area contributed by atoms with E-state index in [4.69, 9.17) is 0 Å². The van der Waals surface area contributed by atoms with Crippen molar-refractivity contribution in [3.63, 3.8) is 0 Å². The topological polar surface area (TPSA) is 45.6 Å². The van der Waals surface area contributed by atoms with Gasteiger partial charge in [-0.05, 0) is 58.5 Å². The Bertz CT molecular complexity index is 683. The minimum absolute atomic E-state index is 0.0572. The highest BCUT2D eigenvalue weighted by Crippen LogP contribution is 2.17. The molecule has 0 aliphatic carbocycles. The van der Waals surface area contributed by atoms with Crippen molar-refractivity contribution < 1.29 is 4.79 Å². The molecule has 1 aromatic heterocycles. The van der Waals surface area contributed by atoms with Crippen LogP contribution < -0.4 is 5.43 Å². The Morgan fingerprint density at radius 3 is 2.19 bits per heavy atom. The molecule has 0 N–H and O–H groups in total. The predicted octanol–water partition coefficient (Wildman–Crippen LogP) is 2.83. The van der Waals surface area contributed by atoms with Gasteiger partial charge in [-0.1, -0.05) is 13.3 Å². The molecule has 5 nitrogen and oxygen atoms in total. The summed E-state index contributed by atoms with van der Waals surface area (Å²) in [5.74, 6) is -0.0572. The van der Waals surface area contributed by atoms with E-state index >= 15 is 0 Å². The lowest BCUT2D eigenvalue weighted by Gasteiger charge is -2.30. The van der Waals surface area contributed by atoms with Crippen molar-refractivity contribution in [2.45, 2.75) is 65.3 Å². The van der Waals surface area contributed by atoms with E-state index in [0.29, 0.717) is 12.0 Å². The summed E-state index contributed by atoms with van der Waals surface area (Å²) < 4.78 is 2.22. The highest BCUT2D eigenvalue weighted by molar-refractivity contribution is 5.95. The summed E-state index contributed by atoms with van der Waals surface area (Å²) in [5.41, 5.74) is 2.20. The van der Waals surface area contributed by atoms with Crippen molar-refractivity contribution in [3.05, 3.63) is 33.2 Å². The van der Waals surface area contributed by atoms with E-state index in [9.17, 15) is 9.59 Å². The molecule has 0 aromatic carbocycles. The molecule has 0 saturated carbocycles. The van der Waals surface area contributed by atoms with Gasteiger partial charge in [0, 0.05) is 43.6 Å². The van der Waals surface area contributed by atoms with Crippen molar-refractivity contribution in [3.8, 4) is 0 Å². The number of carbonyl (C=O) groups is 1. The number of rotatable bonds is 5. The second-order valence-electron chi connectivity index (χ2n) is 7.73. The molecule has 0 spiro atoms. The van der Waals surface area contributed by atoms with Crippen molar-refractivity contribution in [1.29, 1.82) is 0 Å². The summed E-state index contributed by atoms with van der Waals surface area (Å²) in [7, 11) is 0. The molecule has 3 rings (SSSR count). The van der Waals surface area contributed by atoms with Crippen molar-refractivity contribution >= 4 is 5.91 Å². The molecule has 144 valence electrons. The van der Waals surface area contributed by atoms with E-state index in [1.54, 1.807) is 6.07 Å². The molecule has 2 aliphatic rings. The summed E-state index contributed by atoms with van der Waals surface area (Å²) in [6.45, 7) is 9.79. The lowest BCUT2D eigenvalue weighted by molar-refractivity contribution is 0.0720. The Labute approximate surface area is 157 Å². The first-order chi connectivity index (χ1) is 12.6. The fourth-order valence-corrected chi connectivity index (χ4v) is 4.42. The van der Waals surface area contributed by atoms with Crippen LogP contribution in [-0.4, -0.2) is 53.0 Å². The zero-order chi connectivity index (χ0) is 18.5. The molecular formula is C21H33N3O2. The highest BCUT2D eigenvalue weighted by atomic mass is 16.2. The molecule has 0 atom stereocenters. The lowest BCUT2D eigenvalue weighted by Crippen LogP contribution is -2.40. The van der Waals surface area contributed by atoms with Gasteiger partial charge < -0.3 is 14.4 Å². The number of nitrogens with zero attached hydrogens (tertiary/aromatic N) is 3. The van der Waals surface area contributed by atoms with Crippen molar-refractivity contribution in [1.82, 2.24) is 14.4 Å². The maximum Gasteiger partial charge on any atom is 0.259 e. The summed E-state index contributed by atoms with van der Waals surface area (Å²) in [5, 5.41) is 0. The Hall–Kier alpha value is -1.62. The van der Waals surface area contributed by atoms with Crippen LogP contribution in [-0.2, 0) is 13.0 Å². The van der Waals surface area contributed by atoms with Crippen LogP contribution in [0.25, 0.3) is 0 Å². The molecule has 2 fully saturated rings. The second-order valence-corrected chi connectivity index (χ2v) is 7.73. The Morgan fingerprint density at radius 2 is 1.58 bits per heavy atom. The van der Waals surface area contributed by atoms with Crippen LogP contribution in [0.4, 0.5) is 0 Å². The Balaban J connectivity index is 1.86. The zero-order valence-electron chi connectivity index (χ0n) is 16.4. The lowest BCUT2D eigenvalue weighted by atomic mass is 10.0. The summed E-state index contributed by atoms with van der Waals surface area (Å²) >= 11 is 0. The van der Waals surface area contributed by atoms with E-state index in [1.807, 2.05) is 11.8 Å². The van der Waals surface area contributed by atoms with Gasteiger partial charge >= 0.3 is 0 Å². The molecule has 0 bridgehead atoms. The number of amides is 1. The molecule has 3 heterocycles. The number of aryl methyl sites for hydroxylation is 1. The average Bonchev–Trinajstić information content (AvgIpc) is 2.67. The molecule has 0 radical (unpaired) electrons. The predicted molar refractivity (Wildman–Crippen MR) is 105 cm³/mol. The van der Waals surface area contributed by atoms with E-state index < -0.39 is 0 Å². The summed E-state index contributed by atoms with van der Waals surface area (Å²) in [6.07, 6.45) is 7.88. The van der Waals surface area contributed by atoms with Crippen LogP contribution in [0.2, 0.25) is 0 Å². The molecule has 2 saturated heterocycles. The molecule has 1 amide bonds. The first-order valence-corrected chi connectivity index (χ1v) is 10.4. The molecule has 0 unspecified atom stereocenters. The van der Waals surface area contributed by atoms with Crippen LogP contribution in [0, 0.1) is 6.92 Å². The van der Waals surface area contributed by atoms with Crippen LogP contribution in [0.1, 0.15) is 67.2 Å². The van der Waals surface area contributed by atoms with E-state index in [0.717, 1.165) is 50.4 Å². The van der Waals surface area contributed by atoms with Crippen molar-refractivity contribution in [2.24, 2.45) is 0 Å². The summed E-state index contributed by atoms with van der Waals surface area (Å²) in [6, 6.07) is 1.66. The smallest absolute Gasteiger partial charge is 0.259 e. The van der Waals surface area contributed by atoms with Gasteiger partial charge in [0.15, 0.2) is 5.43 Å². The number of pyridine rings is 1. The molecule has 26 heavy (non-hydrogen) atoms. The standard InChI is InChI=1S/C21H33N3O2/c1-3-18-20(21(26)23-12-8-5-9-13-23)19(25)16-17(2)24(18)15-14-22-10-6-4-7-11-22/h16H,3-15H2,1-2H3. The molecule has 5 heteroatoms. The maximum absolute atomic E-state index is 13.1. The first-order valence-electron chi connectivity index (χ1n) is 10.4. The van der Waals surface area contributed by atoms with Gasteiger partial charge in [0.25, 0.3) is 5.91 Å². The van der Waals surface area contributed by atoms with Crippen molar-refractivity contribution in [2.75, 3.05) is 32.7 Å². The largest absolute Gasteiger partial charge is 0.347 e. The third-order valence-corrected chi connectivity index (χ3v) is 5.91. The second kappa shape index (κ2) is 8.85. The van der Waals surface area contributed by atoms with Gasteiger partial charge in [-0.2, -0.15) is 0 Å². The van der Waals surface area contributed by atoms with Gasteiger partial charge in [-0.15, -0.1) is 0 Å². The van der Waals surface area contributed by atoms with E-state index in [1.165, 1.54) is 38.8 Å². The van der Waals surface area contributed by atoms with Gasteiger partial charge in [0.05, 0.1) is 0 Å². The quantitative estimate of drug-likeness (QED) is 0.812. The van der Waals surface area contributed by atoms with Crippen LogP contribution in [0.3, 0.4) is 0 Å². The zero-order valence-corrected chi connectivity index (χ0v) is 16.4. The van der Waals surface area contributed by atoms with E-state index in [-0.39, 0.29) is 11.3 Å². The minimum atomic E-state index is -0.107. The fraction of sp³-hybridized carbons (Fsp3) is 0.714. The van der Waals surface area contributed by atoms with Gasteiger partial charge in [-0.3, -0.25) is 9.59 Å². The number of aromatic nitrogens is 1. The Morgan fingerprint density at radius 1 is 0.962 bits per heavy atom. The minimum Gasteiger partial charge on any atom is -0.347 e. The normalized spacial score (nSPS) is 18.9. The molecule has 1 aromatic rings. The third-order valence-electron chi connectivity index (χ3n) is 5.91. The SMILES string of the molecule is CCc1c(C(=O)N2CCCCC2)c(=O)cc(C)n1CCN1CCCCC1. The number of hydrogen-bond acceptors (Lipinski definition) is 3. The molecular weight excluding hydrogens is 326 g/mol. The van der Waals surface area contributed by atoms with E-state index in [2.05, 4.69) is 16.4 Å². The Kier molecular flexibility index (Phi) is 6.52. The number of carbonyl (C=O) groups excluding carboxylic acids is 1. The van der Waals surface area contributed by atoms with Crippen LogP contribution in [0.15, 0.2) is 10.9 Å². The van der Waals surface area contributed by atoms with Crippen LogP contribution >= 0.6 is 0 Å². The monoisotopic (exact) mass is 359 g/mol. The molecule has 2 aliphatic heterocycles. The number of likely N-dealkylation sites (tertiary alicyclic amines) is 2.